The lowest BCUT2D eigenvalue weighted by Crippen LogP contribution is -2.00. The normalized spacial score (nSPS) is 14.1. The molecule has 4 rings (SSSR count). The number of hydrogen-bond donors (Lipinski definition) is 0. The van der Waals surface area contributed by atoms with E-state index in [4.69, 9.17) is 9.47 Å². The number of fused-ring (bicyclic) bond motifs is 1. The Morgan fingerprint density at radius 3 is 2.54 bits per heavy atom. The molecular weight excluding hydrogens is 355 g/mol. The molecule has 0 bridgehead atoms. The largest absolute Gasteiger partial charge is 0.489 e. The maximum absolute atomic E-state index is 13.9. The molecule has 0 saturated heterocycles. The van der Waals surface area contributed by atoms with E-state index in [1.54, 1.807) is 24.3 Å². The van der Waals surface area contributed by atoms with Crippen LogP contribution >= 0.6 is 0 Å². The van der Waals surface area contributed by atoms with Crippen LogP contribution in [0.25, 0.3) is 6.08 Å². The molecule has 3 nitrogen and oxygen atoms in total. The predicted molar refractivity (Wildman–Crippen MR) is 106 cm³/mol. The van der Waals surface area contributed by atoms with Crippen molar-refractivity contribution in [2.24, 2.45) is 0 Å². The molecule has 0 saturated carbocycles. The molecule has 0 spiro atoms. The van der Waals surface area contributed by atoms with E-state index in [1.165, 1.54) is 17.7 Å². The lowest BCUT2D eigenvalue weighted by Gasteiger charge is -2.09. The number of hydrogen-bond acceptors (Lipinski definition) is 3. The number of aryl methyl sites for hydroxylation is 2. The van der Waals surface area contributed by atoms with Gasteiger partial charge in [0.2, 0.25) is 5.78 Å². The SMILES string of the molecule is Cc1ccc(COc2cc(C)c3c(c2)O/C(=C\c2ccccc2F)C3=O)cc1. The summed E-state index contributed by atoms with van der Waals surface area (Å²) < 4.78 is 25.5. The topological polar surface area (TPSA) is 35.5 Å². The molecule has 3 aromatic carbocycles. The number of allylic oxidation sites excluding steroid dienone is 1. The number of ether oxygens (including phenoxy) is 2. The van der Waals surface area contributed by atoms with Crippen molar-refractivity contribution in [1.29, 1.82) is 0 Å². The van der Waals surface area contributed by atoms with Gasteiger partial charge in [-0.3, -0.25) is 4.79 Å². The highest BCUT2D eigenvalue weighted by molar-refractivity contribution is 6.15. The number of halogens is 1. The van der Waals surface area contributed by atoms with E-state index in [0.717, 1.165) is 11.1 Å². The van der Waals surface area contributed by atoms with Gasteiger partial charge in [-0.1, -0.05) is 48.0 Å². The highest BCUT2D eigenvalue weighted by Crippen LogP contribution is 2.37. The lowest BCUT2D eigenvalue weighted by molar-refractivity contribution is 0.101. The molecule has 3 aromatic rings. The summed E-state index contributed by atoms with van der Waals surface area (Å²) in [5.74, 6) is 0.518. The number of Topliss-reactive ketones (excluding diaryl/α,β-unsaturated/α-hetero) is 1. The summed E-state index contributed by atoms with van der Waals surface area (Å²) in [6.07, 6.45) is 1.43. The molecule has 140 valence electrons. The highest BCUT2D eigenvalue weighted by atomic mass is 19.1. The molecule has 1 aliphatic rings. The molecule has 0 aromatic heterocycles. The first kappa shape index (κ1) is 18.0. The Morgan fingerprint density at radius 1 is 1.04 bits per heavy atom. The van der Waals surface area contributed by atoms with Crippen LogP contribution in [0.1, 0.15) is 32.6 Å². The summed E-state index contributed by atoms with van der Waals surface area (Å²) in [6.45, 7) is 4.30. The van der Waals surface area contributed by atoms with Crippen molar-refractivity contribution in [2.75, 3.05) is 0 Å². The molecule has 0 atom stereocenters. The second-order valence-electron chi connectivity index (χ2n) is 6.85. The first-order valence-electron chi connectivity index (χ1n) is 9.03. The molecule has 1 heterocycles. The van der Waals surface area contributed by atoms with E-state index in [9.17, 15) is 9.18 Å². The van der Waals surface area contributed by atoms with Gasteiger partial charge >= 0.3 is 0 Å². The van der Waals surface area contributed by atoms with Crippen molar-refractivity contribution < 1.29 is 18.7 Å². The van der Waals surface area contributed by atoms with Crippen LogP contribution in [-0.2, 0) is 6.61 Å². The Bertz CT molecular complexity index is 1080. The van der Waals surface area contributed by atoms with Crippen LogP contribution in [0.5, 0.6) is 11.5 Å². The summed E-state index contributed by atoms with van der Waals surface area (Å²) in [7, 11) is 0. The van der Waals surface area contributed by atoms with Gasteiger partial charge in [0.05, 0.1) is 5.56 Å². The number of rotatable bonds is 4. The van der Waals surface area contributed by atoms with Crippen LogP contribution in [0, 0.1) is 19.7 Å². The van der Waals surface area contributed by atoms with Crippen LogP contribution in [0.2, 0.25) is 0 Å². The van der Waals surface area contributed by atoms with Crippen molar-refractivity contribution in [2.45, 2.75) is 20.5 Å². The Hall–Kier alpha value is -3.40. The molecule has 0 N–H and O–H groups in total. The Labute approximate surface area is 163 Å². The van der Waals surface area contributed by atoms with E-state index in [1.807, 2.05) is 44.2 Å². The van der Waals surface area contributed by atoms with Gasteiger partial charge in [0.25, 0.3) is 0 Å². The van der Waals surface area contributed by atoms with Crippen LogP contribution < -0.4 is 9.47 Å². The first-order chi connectivity index (χ1) is 13.5. The molecule has 0 unspecified atom stereocenters. The molecule has 1 aliphatic heterocycles. The number of carbonyl (C=O) groups excluding carboxylic acids is 1. The zero-order valence-corrected chi connectivity index (χ0v) is 15.7. The minimum absolute atomic E-state index is 0.110. The molecular formula is C24H19FO3. The van der Waals surface area contributed by atoms with E-state index >= 15 is 0 Å². The van der Waals surface area contributed by atoms with Gasteiger partial charge < -0.3 is 9.47 Å². The number of carbonyl (C=O) groups is 1. The third-order valence-electron chi connectivity index (χ3n) is 4.66. The van der Waals surface area contributed by atoms with Crippen molar-refractivity contribution in [3.05, 3.63) is 100 Å². The molecule has 0 amide bonds. The quantitative estimate of drug-likeness (QED) is 0.555. The maximum Gasteiger partial charge on any atom is 0.232 e. The summed E-state index contributed by atoms with van der Waals surface area (Å²) in [5, 5.41) is 0. The fourth-order valence-corrected chi connectivity index (χ4v) is 3.15. The third-order valence-corrected chi connectivity index (χ3v) is 4.66. The summed E-state index contributed by atoms with van der Waals surface area (Å²) in [6, 6.07) is 17.9. The summed E-state index contributed by atoms with van der Waals surface area (Å²) in [4.78, 5) is 12.7. The number of benzene rings is 3. The second kappa shape index (κ2) is 7.31. The zero-order chi connectivity index (χ0) is 19.7. The Balaban J connectivity index is 1.57. The summed E-state index contributed by atoms with van der Waals surface area (Å²) in [5.41, 5.74) is 3.81. The molecule has 0 radical (unpaired) electrons. The minimum atomic E-state index is -0.402. The Morgan fingerprint density at radius 2 is 1.79 bits per heavy atom. The van der Waals surface area contributed by atoms with Gasteiger partial charge in [0.15, 0.2) is 5.76 Å². The van der Waals surface area contributed by atoms with Gasteiger partial charge in [-0.2, -0.15) is 0 Å². The highest BCUT2D eigenvalue weighted by Gasteiger charge is 2.30. The van der Waals surface area contributed by atoms with E-state index < -0.39 is 5.82 Å². The monoisotopic (exact) mass is 374 g/mol. The Kier molecular flexibility index (Phi) is 4.70. The van der Waals surface area contributed by atoms with Crippen LogP contribution in [0.15, 0.2) is 66.4 Å². The zero-order valence-electron chi connectivity index (χ0n) is 15.7. The van der Waals surface area contributed by atoms with E-state index in [-0.39, 0.29) is 11.5 Å². The van der Waals surface area contributed by atoms with Gasteiger partial charge in [0.1, 0.15) is 23.9 Å². The van der Waals surface area contributed by atoms with Gasteiger partial charge in [0, 0.05) is 11.6 Å². The predicted octanol–water partition coefficient (Wildman–Crippen LogP) is 5.64. The summed E-state index contributed by atoms with van der Waals surface area (Å²) >= 11 is 0. The molecule has 28 heavy (non-hydrogen) atoms. The lowest BCUT2D eigenvalue weighted by atomic mass is 10.0. The first-order valence-corrected chi connectivity index (χ1v) is 9.03. The smallest absolute Gasteiger partial charge is 0.232 e. The van der Waals surface area contributed by atoms with Crippen LogP contribution in [-0.4, -0.2) is 5.78 Å². The third kappa shape index (κ3) is 3.54. The molecule has 0 aliphatic carbocycles. The van der Waals surface area contributed by atoms with E-state index in [0.29, 0.717) is 29.2 Å². The minimum Gasteiger partial charge on any atom is -0.489 e. The van der Waals surface area contributed by atoms with Gasteiger partial charge in [-0.25, -0.2) is 4.39 Å². The van der Waals surface area contributed by atoms with Crippen molar-refractivity contribution in [3.8, 4) is 11.5 Å². The van der Waals surface area contributed by atoms with Crippen LogP contribution in [0.4, 0.5) is 4.39 Å². The van der Waals surface area contributed by atoms with Crippen LogP contribution in [0.3, 0.4) is 0 Å². The fourth-order valence-electron chi connectivity index (χ4n) is 3.15. The van der Waals surface area contributed by atoms with Crippen molar-refractivity contribution in [3.63, 3.8) is 0 Å². The van der Waals surface area contributed by atoms with Gasteiger partial charge in [-0.15, -0.1) is 0 Å². The van der Waals surface area contributed by atoms with E-state index in [2.05, 4.69) is 0 Å². The second-order valence-corrected chi connectivity index (χ2v) is 6.85. The number of ketones is 1. The molecule has 0 fully saturated rings. The molecule has 4 heteroatoms. The fraction of sp³-hybridized carbons (Fsp3) is 0.125. The van der Waals surface area contributed by atoms with Crippen molar-refractivity contribution >= 4 is 11.9 Å². The average molecular weight is 374 g/mol. The average Bonchev–Trinajstić information content (AvgIpc) is 2.99. The standard InChI is InChI=1S/C24H19FO3/c1-15-7-9-17(10-8-15)14-27-19-11-16(2)23-21(13-19)28-22(24(23)26)12-18-5-3-4-6-20(18)25/h3-13H,14H2,1-2H3/b22-12-. The maximum atomic E-state index is 13.9. The van der Waals surface area contributed by atoms with Gasteiger partial charge in [-0.05, 0) is 43.2 Å². The van der Waals surface area contributed by atoms with Crippen molar-refractivity contribution in [1.82, 2.24) is 0 Å².